The Morgan fingerprint density at radius 2 is 1.83 bits per heavy atom. The molecule has 0 bridgehead atoms. The number of fused-ring (bicyclic) bond motifs is 1. The minimum absolute atomic E-state index is 0.0127. The molecule has 0 spiro atoms. The van der Waals surface area contributed by atoms with Crippen LogP contribution in [-0.4, -0.2) is 56.9 Å². The van der Waals surface area contributed by atoms with Crippen LogP contribution in [-0.2, 0) is 14.8 Å². The lowest BCUT2D eigenvalue weighted by Gasteiger charge is -2.33. The molecule has 0 aliphatic carbocycles. The van der Waals surface area contributed by atoms with Crippen molar-refractivity contribution in [1.29, 1.82) is 0 Å². The summed E-state index contributed by atoms with van der Waals surface area (Å²) in [6, 6.07) is 16.4. The van der Waals surface area contributed by atoms with Crippen LogP contribution in [0.5, 0.6) is 5.75 Å². The highest BCUT2D eigenvalue weighted by atomic mass is 32.2. The first-order valence-corrected chi connectivity index (χ1v) is 14.0. The van der Waals surface area contributed by atoms with E-state index in [0.29, 0.717) is 30.3 Å². The summed E-state index contributed by atoms with van der Waals surface area (Å²) in [5, 5.41) is 3.80. The molecule has 2 aliphatic rings. The SMILES string of the molecule is COc1cccc(NC(=O)C2CCCN(c3ccc4cc(S(=O)(=O)N5CCCCC5)ccc4n3)C2)c1. The number of carbonyl (C=O) groups excluding carboxylic acids is 1. The summed E-state index contributed by atoms with van der Waals surface area (Å²) in [5.74, 6) is 1.33. The summed E-state index contributed by atoms with van der Waals surface area (Å²) in [6.07, 6.45) is 4.61. The summed E-state index contributed by atoms with van der Waals surface area (Å²) in [4.78, 5) is 20.2. The predicted molar refractivity (Wildman–Crippen MR) is 141 cm³/mol. The van der Waals surface area contributed by atoms with Crippen molar-refractivity contribution in [3.05, 3.63) is 54.6 Å². The van der Waals surface area contributed by atoms with E-state index in [4.69, 9.17) is 9.72 Å². The van der Waals surface area contributed by atoms with Crippen molar-refractivity contribution in [2.24, 2.45) is 5.92 Å². The molecule has 0 radical (unpaired) electrons. The number of sulfonamides is 1. The molecule has 3 heterocycles. The fraction of sp³-hybridized carbons (Fsp3) is 0.407. The van der Waals surface area contributed by atoms with E-state index in [0.717, 1.165) is 61.1 Å². The maximum absolute atomic E-state index is 13.1. The molecule has 2 aliphatic heterocycles. The highest BCUT2D eigenvalue weighted by molar-refractivity contribution is 7.89. The first kappa shape index (κ1) is 24.5. The number of piperidine rings is 2. The fourth-order valence-corrected chi connectivity index (χ4v) is 6.58. The molecule has 1 amide bonds. The van der Waals surface area contributed by atoms with E-state index in [1.54, 1.807) is 29.6 Å². The average molecular weight is 509 g/mol. The van der Waals surface area contributed by atoms with Crippen molar-refractivity contribution >= 4 is 38.3 Å². The topological polar surface area (TPSA) is 91.8 Å². The molecule has 9 heteroatoms. The highest BCUT2D eigenvalue weighted by Gasteiger charge is 2.28. The summed E-state index contributed by atoms with van der Waals surface area (Å²) >= 11 is 0. The molecule has 190 valence electrons. The van der Waals surface area contributed by atoms with Gasteiger partial charge in [-0.05, 0) is 68.1 Å². The van der Waals surface area contributed by atoms with Crippen molar-refractivity contribution < 1.29 is 17.9 Å². The van der Waals surface area contributed by atoms with Gasteiger partial charge in [0.05, 0.1) is 23.4 Å². The summed E-state index contributed by atoms with van der Waals surface area (Å²) in [5.41, 5.74) is 1.46. The number of hydrogen-bond acceptors (Lipinski definition) is 6. The Labute approximate surface area is 212 Å². The Balaban J connectivity index is 1.30. The number of ether oxygens (including phenoxy) is 1. The van der Waals surface area contributed by atoms with Gasteiger partial charge in [0.15, 0.2) is 0 Å². The molecule has 5 rings (SSSR count). The van der Waals surface area contributed by atoms with Gasteiger partial charge in [-0.1, -0.05) is 12.5 Å². The Kier molecular flexibility index (Phi) is 7.11. The number of anilines is 2. The Hall–Kier alpha value is -3.17. The lowest BCUT2D eigenvalue weighted by molar-refractivity contribution is -0.120. The van der Waals surface area contributed by atoms with E-state index >= 15 is 0 Å². The van der Waals surface area contributed by atoms with Crippen molar-refractivity contribution in [1.82, 2.24) is 9.29 Å². The van der Waals surface area contributed by atoms with Crippen molar-refractivity contribution in [3.8, 4) is 5.75 Å². The second kappa shape index (κ2) is 10.4. The average Bonchev–Trinajstić information content (AvgIpc) is 2.93. The second-order valence-corrected chi connectivity index (χ2v) is 11.4. The normalized spacial score (nSPS) is 19.2. The zero-order valence-electron chi connectivity index (χ0n) is 20.5. The molecule has 2 aromatic carbocycles. The molecule has 1 atom stereocenters. The minimum Gasteiger partial charge on any atom is -0.497 e. The van der Waals surface area contributed by atoms with Crippen LogP contribution in [0.2, 0.25) is 0 Å². The van der Waals surface area contributed by atoms with Crippen LogP contribution in [0.4, 0.5) is 11.5 Å². The summed E-state index contributed by atoms with van der Waals surface area (Å²) in [7, 11) is -1.89. The third kappa shape index (κ3) is 5.17. The van der Waals surface area contributed by atoms with Gasteiger partial charge in [-0.25, -0.2) is 13.4 Å². The van der Waals surface area contributed by atoms with Crippen LogP contribution in [0, 0.1) is 5.92 Å². The van der Waals surface area contributed by atoms with Gasteiger partial charge < -0.3 is 15.0 Å². The maximum Gasteiger partial charge on any atom is 0.243 e. The van der Waals surface area contributed by atoms with Gasteiger partial charge in [0.25, 0.3) is 0 Å². The van der Waals surface area contributed by atoms with Crippen LogP contribution in [0.3, 0.4) is 0 Å². The van der Waals surface area contributed by atoms with E-state index < -0.39 is 10.0 Å². The standard InChI is InChI=1S/C27H32N4O4S/c1-35-23-9-5-8-22(18-23)28-27(32)21-7-6-14-30(19-21)26-13-10-20-17-24(11-12-25(20)29-26)36(33,34)31-15-3-2-4-16-31/h5,8-13,17-18,21H,2-4,6-7,14-16,19H2,1H3,(H,28,32). The van der Waals surface area contributed by atoms with Gasteiger partial charge in [0, 0.05) is 43.3 Å². The van der Waals surface area contributed by atoms with Gasteiger partial charge in [-0.2, -0.15) is 4.31 Å². The molecule has 8 nitrogen and oxygen atoms in total. The fourth-order valence-electron chi connectivity index (χ4n) is 5.03. The van der Waals surface area contributed by atoms with Crippen molar-refractivity contribution in [2.75, 3.05) is 43.5 Å². The number of hydrogen-bond donors (Lipinski definition) is 1. The lowest BCUT2D eigenvalue weighted by atomic mass is 9.97. The third-order valence-corrected chi connectivity index (χ3v) is 8.95. The van der Waals surface area contributed by atoms with E-state index in [-0.39, 0.29) is 11.8 Å². The molecule has 1 aromatic heterocycles. The molecule has 3 aromatic rings. The van der Waals surface area contributed by atoms with E-state index in [2.05, 4.69) is 10.2 Å². The number of methoxy groups -OCH3 is 1. The molecule has 36 heavy (non-hydrogen) atoms. The molecular weight excluding hydrogens is 476 g/mol. The minimum atomic E-state index is -3.49. The lowest BCUT2D eigenvalue weighted by Crippen LogP contribution is -2.41. The van der Waals surface area contributed by atoms with Crippen LogP contribution in [0.1, 0.15) is 32.1 Å². The number of benzene rings is 2. The van der Waals surface area contributed by atoms with Gasteiger partial charge >= 0.3 is 0 Å². The van der Waals surface area contributed by atoms with E-state index in [9.17, 15) is 13.2 Å². The van der Waals surface area contributed by atoms with E-state index in [1.807, 2.05) is 36.4 Å². The van der Waals surface area contributed by atoms with Crippen LogP contribution in [0.25, 0.3) is 10.9 Å². The smallest absolute Gasteiger partial charge is 0.243 e. The number of nitrogens with one attached hydrogen (secondary N) is 1. The highest BCUT2D eigenvalue weighted by Crippen LogP contribution is 2.28. The first-order valence-electron chi connectivity index (χ1n) is 12.5. The van der Waals surface area contributed by atoms with Crippen LogP contribution < -0.4 is 15.0 Å². The third-order valence-electron chi connectivity index (χ3n) is 7.05. The maximum atomic E-state index is 13.1. The molecular formula is C27H32N4O4S. The number of rotatable bonds is 6. The number of amides is 1. The summed E-state index contributed by atoms with van der Waals surface area (Å²) in [6.45, 7) is 2.57. The summed E-state index contributed by atoms with van der Waals surface area (Å²) < 4.78 is 33.0. The Bertz CT molecular complexity index is 1350. The number of aromatic nitrogens is 1. The molecule has 1 N–H and O–H groups in total. The van der Waals surface area contributed by atoms with Crippen molar-refractivity contribution in [2.45, 2.75) is 37.0 Å². The molecule has 2 saturated heterocycles. The first-order chi connectivity index (χ1) is 17.4. The van der Waals surface area contributed by atoms with Gasteiger partial charge in [-0.3, -0.25) is 4.79 Å². The zero-order chi connectivity index (χ0) is 25.1. The number of carbonyl (C=O) groups is 1. The van der Waals surface area contributed by atoms with Gasteiger partial charge in [0.2, 0.25) is 15.9 Å². The Morgan fingerprint density at radius 1 is 1.00 bits per heavy atom. The van der Waals surface area contributed by atoms with Crippen molar-refractivity contribution in [3.63, 3.8) is 0 Å². The molecule has 0 saturated carbocycles. The number of pyridine rings is 1. The second-order valence-electron chi connectivity index (χ2n) is 9.50. The van der Waals surface area contributed by atoms with E-state index in [1.165, 1.54) is 0 Å². The number of nitrogens with zero attached hydrogens (tertiary/aromatic N) is 3. The largest absolute Gasteiger partial charge is 0.497 e. The predicted octanol–water partition coefficient (Wildman–Crippen LogP) is 4.27. The zero-order valence-corrected chi connectivity index (χ0v) is 21.3. The molecule has 1 unspecified atom stereocenters. The van der Waals surface area contributed by atoms with Crippen LogP contribution >= 0.6 is 0 Å². The quantitative estimate of drug-likeness (QED) is 0.535. The van der Waals surface area contributed by atoms with Gasteiger partial charge in [0.1, 0.15) is 11.6 Å². The van der Waals surface area contributed by atoms with Gasteiger partial charge in [-0.15, -0.1) is 0 Å². The van der Waals surface area contributed by atoms with Crippen LogP contribution in [0.15, 0.2) is 59.5 Å². The monoisotopic (exact) mass is 508 g/mol. The Morgan fingerprint density at radius 3 is 2.64 bits per heavy atom. The molecule has 2 fully saturated rings.